The van der Waals surface area contributed by atoms with Crippen LogP contribution in [-0.2, 0) is 21.7 Å². The number of nitriles is 1. The Morgan fingerprint density at radius 1 is 1.44 bits per heavy atom. The molecule has 3 rings (SSSR count). The molecule has 1 saturated carbocycles. The zero-order valence-electron chi connectivity index (χ0n) is 10.3. The van der Waals surface area contributed by atoms with Crippen LogP contribution in [0.3, 0.4) is 0 Å². The lowest BCUT2D eigenvalue weighted by molar-refractivity contribution is 0.586. The van der Waals surface area contributed by atoms with Gasteiger partial charge in [-0.15, -0.1) is 0 Å². The smallest absolute Gasteiger partial charge is 0.178 e. The summed E-state index contributed by atoms with van der Waals surface area (Å²) >= 11 is 0. The summed E-state index contributed by atoms with van der Waals surface area (Å²) in [6.45, 7) is 2.07. The number of hydrogen-bond acceptors (Lipinski definition) is 3. The molecular formula is C14H15NO2S. The SMILES string of the molecule is CC1CC1(C#N)c1ccc2c(c1)CCCS2(=O)=O. The number of benzene rings is 1. The molecule has 1 heterocycles. The minimum Gasteiger partial charge on any atom is -0.224 e. The number of rotatable bonds is 1. The highest BCUT2D eigenvalue weighted by Crippen LogP contribution is 2.53. The first-order valence-corrected chi connectivity index (χ1v) is 7.92. The molecule has 0 spiro atoms. The van der Waals surface area contributed by atoms with E-state index in [9.17, 15) is 13.7 Å². The van der Waals surface area contributed by atoms with Gasteiger partial charge in [0, 0.05) is 0 Å². The van der Waals surface area contributed by atoms with Gasteiger partial charge in [0.15, 0.2) is 9.84 Å². The van der Waals surface area contributed by atoms with E-state index in [0.717, 1.165) is 24.0 Å². The maximum atomic E-state index is 11.9. The Balaban J connectivity index is 2.11. The average molecular weight is 261 g/mol. The van der Waals surface area contributed by atoms with E-state index in [0.29, 0.717) is 17.2 Å². The van der Waals surface area contributed by atoms with Crippen LogP contribution < -0.4 is 0 Å². The van der Waals surface area contributed by atoms with Crippen molar-refractivity contribution in [2.24, 2.45) is 5.92 Å². The van der Waals surface area contributed by atoms with Crippen molar-refractivity contribution in [2.45, 2.75) is 36.5 Å². The molecule has 0 amide bonds. The molecule has 18 heavy (non-hydrogen) atoms. The highest BCUT2D eigenvalue weighted by molar-refractivity contribution is 7.91. The number of nitrogens with zero attached hydrogens (tertiary/aromatic N) is 1. The van der Waals surface area contributed by atoms with Crippen molar-refractivity contribution in [3.63, 3.8) is 0 Å². The molecule has 4 heteroatoms. The first kappa shape index (κ1) is 11.7. The van der Waals surface area contributed by atoms with Crippen molar-refractivity contribution in [1.29, 1.82) is 5.26 Å². The normalized spacial score (nSPS) is 32.3. The van der Waals surface area contributed by atoms with Crippen LogP contribution in [0.4, 0.5) is 0 Å². The monoisotopic (exact) mass is 261 g/mol. The van der Waals surface area contributed by atoms with Crippen LogP contribution in [0, 0.1) is 17.2 Å². The quantitative estimate of drug-likeness (QED) is 0.778. The van der Waals surface area contributed by atoms with Gasteiger partial charge in [-0.1, -0.05) is 19.1 Å². The molecule has 2 aliphatic rings. The highest BCUT2D eigenvalue weighted by atomic mass is 32.2. The molecule has 1 aliphatic carbocycles. The Bertz CT molecular complexity index is 657. The fraction of sp³-hybridized carbons (Fsp3) is 0.500. The van der Waals surface area contributed by atoms with Gasteiger partial charge in [-0.3, -0.25) is 0 Å². The molecule has 0 N–H and O–H groups in total. The van der Waals surface area contributed by atoms with E-state index in [1.54, 1.807) is 6.07 Å². The number of aryl methyl sites for hydroxylation is 1. The Morgan fingerprint density at radius 3 is 2.78 bits per heavy atom. The van der Waals surface area contributed by atoms with Crippen molar-refractivity contribution in [3.8, 4) is 6.07 Å². The van der Waals surface area contributed by atoms with E-state index in [1.807, 2.05) is 12.1 Å². The molecule has 1 aromatic rings. The molecule has 3 nitrogen and oxygen atoms in total. The largest absolute Gasteiger partial charge is 0.224 e. The Labute approximate surface area is 107 Å². The number of fused-ring (bicyclic) bond motifs is 1. The maximum Gasteiger partial charge on any atom is 0.178 e. The zero-order valence-corrected chi connectivity index (χ0v) is 11.1. The molecule has 2 atom stereocenters. The van der Waals surface area contributed by atoms with Gasteiger partial charge in [-0.05, 0) is 42.4 Å². The Hall–Kier alpha value is -1.34. The zero-order chi connectivity index (χ0) is 13.0. The van der Waals surface area contributed by atoms with Crippen LogP contribution in [-0.4, -0.2) is 14.2 Å². The van der Waals surface area contributed by atoms with Gasteiger partial charge >= 0.3 is 0 Å². The van der Waals surface area contributed by atoms with Gasteiger partial charge in [0.2, 0.25) is 0 Å². The van der Waals surface area contributed by atoms with Crippen LogP contribution in [0.25, 0.3) is 0 Å². The standard InChI is InChI=1S/C14H15NO2S/c1-10-8-14(10,9-15)12-4-5-13-11(7-12)3-2-6-18(13,16)17/h4-5,7,10H,2-3,6,8H2,1H3. The molecule has 1 aromatic carbocycles. The second-order valence-corrected chi connectivity index (χ2v) is 7.51. The lowest BCUT2D eigenvalue weighted by atomic mass is 9.92. The van der Waals surface area contributed by atoms with Crippen LogP contribution in [0.15, 0.2) is 23.1 Å². The first-order valence-electron chi connectivity index (χ1n) is 6.27. The van der Waals surface area contributed by atoms with E-state index < -0.39 is 9.84 Å². The summed E-state index contributed by atoms with van der Waals surface area (Å²) in [4.78, 5) is 0.471. The fourth-order valence-corrected chi connectivity index (χ4v) is 4.55. The van der Waals surface area contributed by atoms with Gasteiger partial charge in [0.25, 0.3) is 0 Å². The summed E-state index contributed by atoms with van der Waals surface area (Å²) in [6.07, 6.45) is 2.38. The third-order valence-electron chi connectivity index (χ3n) is 4.28. The molecule has 1 aliphatic heterocycles. The van der Waals surface area contributed by atoms with Crippen molar-refractivity contribution in [3.05, 3.63) is 29.3 Å². The topological polar surface area (TPSA) is 57.9 Å². The van der Waals surface area contributed by atoms with E-state index >= 15 is 0 Å². The van der Waals surface area contributed by atoms with Gasteiger partial charge < -0.3 is 0 Å². The van der Waals surface area contributed by atoms with Gasteiger partial charge in [-0.2, -0.15) is 5.26 Å². The van der Waals surface area contributed by atoms with E-state index in [2.05, 4.69) is 13.0 Å². The molecule has 2 unspecified atom stereocenters. The summed E-state index contributed by atoms with van der Waals surface area (Å²) in [7, 11) is -3.09. The molecule has 94 valence electrons. The lowest BCUT2D eigenvalue weighted by Crippen LogP contribution is -2.17. The predicted molar refractivity (Wildman–Crippen MR) is 67.9 cm³/mol. The van der Waals surface area contributed by atoms with Crippen LogP contribution >= 0.6 is 0 Å². The third-order valence-corrected chi connectivity index (χ3v) is 6.17. The lowest BCUT2D eigenvalue weighted by Gasteiger charge is -2.18. The molecule has 0 bridgehead atoms. The maximum absolute atomic E-state index is 11.9. The van der Waals surface area contributed by atoms with E-state index in [4.69, 9.17) is 0 Å². The minimum atomic E-state index is -3.09. The van der Waals surface area contributed by atoms with Crippen LogP contribution in [0.1, 0.15) is 30.9 Å². The van der Waals surface area contributed by atoms with Crippen LogP contribution in [0.5, 0.6) is 0 Å². The third kappa shape index (κ3) is 1.50. The van der Waals surface area contributed by atoms with Gasteiger partial charge in [0.05, 0.1) is 22.1 Å². The van der Waals surface area contributed by atoms with Crippen molar-refractivity contribution < 1.29 is 8.42 Å². The van der Waals surface area contributed by atoms with Gasteiger partial charge in [0.1, 0.15) is 0 Å². The number of hydrogen-bond donors (Lipinski definition) is 0. The van der Waals surface area contributed by atoms with Crippen LogP contribution in [0.2, 0.25) is 0 Å². The first-order chi connectivity index (χ1) is 8.49. The second kappa shape index (κ2) is 3.58. The summed E-state index contributed by atoms with van der Waals surface area (Å²) < 4.78 is 23.8. The Morgan fingerprint density at radius 2 is 2.17 bits per heavy atom. The summed E-state index contributed by atoms with van der Waals surface area (Å²) in [5.41, 5.74) is 1.52. The molecular weight excluding hydrogens is 246 g/mol. The summed E-state index contributed by atoms with van der Waals surface area (Å²) in [5.74, 6) is 0.625. The van der Waals surface area contributed by atoms with Crippen molar-refractivity contribution in [2.75, 3.05) is 5.75 Å². The van der Waals surface area contributed by atoms with Gasteiger partial charge in [-0.25, -0.2) is 8.42 Å². The fourth-order valence-electron chi connectivity index (χ4n) is 2.97. The van der Waals surface area contributed by atoms with E-state index in [1.165, 1.54) is 0 Å². The minimum absolute atomic E-state index is 0.249. The molecule has 0 aromatic heterocycles. The predicted octanol–water partition coefficient (Wildman–Crippen LogP) is 2.21. The van der Waals surface area contributed by atoms with E-state index in [-0.39, 0.29) is 11.2 Å². The Kier molecular flexibility index (Phi) is 2.33. The van der Waals surface area contributed by atoms with Crippen molar-refractivity contribution in [1.82, 2.24) is 0 Å². The van der Waals surface area contributed by atoms with Crippen molar-refractivity contribution >= 4 is 9.84 Å². The number of sulfone groups is 1. The molecule has 0 saturated heterocycles. The average Bonchev–Trinajstić information content (AvgIpc) is 3.01. The summed E-state index contributed by atoms with van der Waals surface area (Å²) in [5, 5.41) is 9.32. The second-order valence-electron chi connectivity index (χ2n) is 5.43. The summed E-state index contributed by atoms with van der Waals surface area (Å²) in [6, 6.07) is 7.87. The molecule has 0 radical (unpaired) electrons. The molecule has 1 fully saturated rings. The highest BCUT2D eigenvalue weighted by Gasteiger charge is 2.53.